The van der Waals surface area contributed by atoms with E-state index in [-0.39, 0.29) is 5.41 Å². The van der Waals surface area contributed by atoms with Gasteiger partial charge < -0.3 is 15.1 Å². The Hall–Kier alpha value is -4.85. The molecule has 0 bridgehead atoms. The number of urea groups is 1. The van der Waals surface area contributed by atoms with Crippen LogP contribution in [-0.4, -0.2) is 27.8 Å². The van der Waals surface area contributed by atoms with Gasteiger partial charge in [0.15, 0.2) is 5.88 Å². The number of pyridine rings is 1. The van der Waals surface area contributed by atoms with Gasteiger partial charge in [0, 0.05) is 35.7 Å². The number of carbonyl (C=O) groups excluding carboxylic acids is 1. The highest BCUT2D eigenvalue weighted by Crippen LogP contribution is 2.46. The summed E-state index contributed by atoms with van der Waals surface area (Å²) in [6.45, 7) is 8.24. The molecule has 1 atom stereocenters. The highest BCUT2D eigenvalue weighted by Gasteiger charge is 2.38. The van der Waals surface area contributed by atoms with Crippen molar-refractivity contribution in [3.05, 3.63) is 108 Å². The van der Waals surface area contributed by atoms with E-state index in [1.165, 1.54) is 0 Å². The molecule has 1 unspecified atom stereocenters. The predicted octanol–water partition coefficient (Wildman–Crippen LogP) is 7.91. The van der Waals surface area contributed by atoms with Crippen molar-refractivity contribution in [1.29, 1.82) is 0 Å². The molecule has 3 heterocycles. The van der Waals surface area contributed by atoms with Gasteiger partial charge in [-0.05, 0) is 61.4 Å². The van der Waals surface area contributed by atoms with Crippen molar-refractivity contribution in [2.75, 3.05) is 16.8 Å². The maximum Gasteiger partial charge on any atom is 0.325 e. The van der Waals surface area contributed by atoms with Gasteiger partial charge in [-0.1, -0.05) is 63.3 Å². The monoisotopic (exact) mass is 574 g/mol. The summed E-state index contributed by atoms with van der Waals surface area (Å²) < 4.78 is 7.62. The molecule has 0 aliphatic heterocycles. The first-order valence-electron chi connectivity index (χ1n) is 14.7. The van der Waals surface area contributed by atoms with E-state index in [0.29, 0.717) is 11.5 Å². The number of likely N-dealkylation sites (N-methyl/N-ethyl adjacent to an activating group) is 1. The van der Waals surface area contributed by atoms with Crippen molar-refractivity contribution >= 4 is 34.2 Å². The summed E-state index contributed by atoms with van der Waals surface area (Å²) in [5, 5.41) is 6.90. The van der Waals surface area contributed by atoms with E-state index in [4.69, 9.17) is 15.2 Å². The first-order chi connectivity index (χ1) is 20.6. The van der Waals surface area contributed by atoms with Crippen LogP contribution in [0.1, 0.15) is 57.0 Å². The molecule has 2 amide bonds. The Balaban J connectivity index is 1.57. The minimum Gasteiger partial charge on any atom is -0.449 e. The average Bonchev–Trinajstić information content (AvgIpc) is 3.69. The van der Waals surface area contributed by atoms with Crippen molar-refractivity contribution < 1.29 is 9.21 Å². The van der Waals surface area contributed by atoms with Crippen LogP contribution in [0.5, 0.6) is 0 Å². The van der Waals surface area contributed by atoms with Crippen molar-refractivity contribution in [1.82, 2.24) is 14.8 Å². The first kappa shape index (κ1) is 28.3. The van der Waals surface area contributed by atoms with Gasteiger partial charge in [0.2, 0.25) is 0 Å². The van der Waals surface area contributed by atoms with Gasteiger partial charge in [-0.3, -0.25) is 4.98 Å². The normalized spacial score (nSPS) is 16.9. The molecule has 2 N–H and O–H groups in total. The van der Waals surface area contributed by atoms with E-state index in [0.717, 1.165) is 58.6 Å². The van der Waals surface area contributed by atoms with Crippen molar-refractivity contribution in [2.45, 2.75) is 57.9 Å². The number of benzene rings is 2. The Bertz CT molecular complexity index is 1800. The lowest BCUT2D eigenvalue weighted by atomic mass is 9.77. The SMILES string of the molecule is Cc1ccc(-n2nc(C(C)(C)C)cc2N(C(N)=O)c2ccc(C3(N(C)c4ccco4)C=CCCC3)c3ccccc23)cn1. The maximum atomic E-state index is 13.4. The zero-order valence-electron chi connectivity index (χ0n) is 25.4. The van der Waals surface area contributed by atoms with E-state index < -0.39 is 11.6 Å². The van der Waals surface area contributed by atoms with E-state index >= 15 is 0 Å². The molecule has 8 nitrogen and oxygen atoms in total. The summed E-state index contributed by atoms with van der Waals surface area (Å²) in [5.74, 6) is 1.35. The van der Waals surface area contributed by atoms with E-state index in [1.54, 1.807) is 22.0 Å². The number of allylic oxidation sites excluding steroid dienone is 1. The number of anilines is 3. The second kappa shape index (κ2) is 10.8. The molecule has 220 valence electrons. The van der Waals surface area contributed by atoms with Crippen molar-refractivity contribution in [3.8, 4) is 5.69 Å². The van der Waals surface area contributed by atoms with Crippen LogP contribution in [0.3, 0.4) is 0 Å². The topological polar surface area (TPSA) is 93.4 Å². The van der Waals surface area contributed by atoms with Gasteiger partial charge in [-0.2, -0.15) is 5.10 Å². The lowest BCUT2D eigenvalue weighted by Gasteiger charge is -2.43. The molecule has 3 aromatic heterocycles. The third kappa shape index (κ3) is 4.96. The van der Waals surface area contributed by atoms with Crippen LogP contribution < -0.4 is 15.5 Å². The molecular weight excluding hydrogens is 536 g/mol. The summed E-state index contributed by atoms with van der Waals surface area (Å²) in [5.41, 5.74) is 9.80. The maximum absolute atomic E-state index is 13.4. The largest absolute Gasteiger partial charge is 0.449 e. The number of nitrogens with two attached hydrogens (primary N) is 1. The molecule has 6 rings (SSSR count). The summed E-state index contributed by atoms with van der Waals surface area (Å²) >= 11 is 0. The fourth-order valence-electron chi connectivity index (χ4n) is 6.08. The Labute approximate surface area is 252 Å². The number of amides is 2. The molecule has 0 saturated heterocycles. The van der Waals surface area contributed by atoms with Gasteiger partial charge in [0.25, 0.3) is 0 Å². The number of aryl methyl sites for hydroxylation is 1. The predicted molar refractivity (Wildman–Crippen MR) is 172 cm³/mol. The number of carbonyl (C=O) groups is 1. The molecule has 1 aliphatic rings. The number of hydrogen-bond acceptors (Lipinski definition) is 5. The first-order valence-corrected chi connectivity index (χ1v) is 14.7. The molecule has 0 radical (unpaired) electrons. The van der Waals surface area contributed by atoms with Crippen LogP contribution in [-0.2, 0) is 11.0 Å². The number of fused-ring (bicyclic) bond motifs is 1. The van der Waals surface area contributed by atoms with E-state index in [9.17, 15) is 4.79 Å². The number of aromatic nitrogens is 3. The highest BCUT2D eigenvalue weighted by molar-refractivity contribution is 6.08. The molecule has 1 aliphatic carbocycles. The van der Waals surface area contributed by atoms with Gasteiger partial charge >= 0.3 is 6.03 Å². The third-order valence-corrected chi connectivity index (χ3v) is 8.41. The summed E-state index contributed by atoms with van der Waals surface area (Å²) in [7, 11) is 2.08. The summed E-state index contributed by atoms with van der Waals surface area (Å²) in [4.78, 5) is 21.7. The van der Waals surface area contributed by atoms with Crippen LogP contribution in [0, 0.1) is 6.92 Å². The second-order valence-corrected chi connectivity index (χ2v) is 12.3. The fraction of sp³-hybridized carbons (Fsp3) is 0.286. The zero-order valence-corrected chi connectivity index (χ0v) is 25.4. The number of rotatable bonds is 6. The van der Waals surface area contributed by atoms with E-state index in [2.05, 4.69) is 68.1 Å². The zero-order chi connectivity index (χ0) is 30.4. The van der Waals surface area contributed by atoms with Crippen LogP contribution in [0.25, 0.3) is 16.5 Å². The molecule has 0 spiro atoms. The third-order valence-electron chi connectivity index (χ3n) is 8.41. The Morgan fingerprint density at radius 2 is 1.84 bits per heavy atom. The van der Waals surface area contributed by atoms with Gasteiger partial charge in [0.05, 0.1) is 35.1 Å². The second-order valence-electron chi connectivity index (χ2n) is 12.3. The van der Waals surface area contributed by atoms with Crippen LogP contribution in [0.2, 0.25) is 0 Å². The molecule has 0 fully saturated rings. The van der Waals surface area contributed by atoms with Crippen molar-refractivity contribution in [2.24, 2.45) is 5.73 Å². The van der Waals surface area contributed by atoms with Crippen molar-refractivity contribution in [3.63, 3.8) is 0 Å². The molecule has 8 heteroatoms. The fourth-order valence-corrected chi connectivity index (χ4v) is 6.08. The number of nitrogens with zero attached hydrogens (tertiary/aromatic N) is 5. The smallest absolute Gasteiger partial charge is 0.325 e. The molecule has 5 aromatic rings. The molecule has 43 heavy (non-hydrogen) atoms. The minimum atomic E-state index is -0.598. The van der Waals surface area contributed by atoms with Gasteiger partial charge in [-0.15, -0.1) is 0 Å². The lowest BCUT2D eigenvalue weighted by molar-refractivity contribution is 0.256. The quantitative estimate of drug-likeness (QED) is 0.208. The van der Waals surface area contributed by atoms with Crippen LogP contribution >= 0.6 is 0 Å². The summed E-state index contributed by atoms with van der Waals surface area (Å²) in [6.07, 6.45) is 11.0. The standard InChI is InChI=1S/C35H38N6O2/c1-24-15-16-25(23-37-24)41-31(22-30(38-41)34(2,3)4)40(33(36)42)29-18-17-28(26-12-7-8-13-27(26)29)35(19-9-6-10-20-35)39(5)32-14-11-21-43-32/h7-9,11-19,21-23H,6,10,20H2,1-5H3,(H2,36,42). The average molecular weight is 575 g/mol. The Morgan fingerprint density at radius 3 is 2.47 bits per heavy atom. The minimum absolute atomic E-state index is 0.260. The van der Waals surface area contributed by atoms with Crippen LogP contribution in [0.4, 0.5) is 22.2 Å². The Kier molecular flexibility index (Phi) is 7.08. The van der Waals surface area contributed by atoms with Crippen LogP contribution in [0.15, 0.2) is 95.8 Å². The molecule has 2 aromatic carbocycles. The summed E-state index contributed by atoms with van der Waals surface area (Å²) in [6, 6.07) is 21.5. The van der Waals surface area contributed by atoms with Gasteiger partial charge in [-0.25, -0.2) is 14.4 Å². The van der Waals surface area contributed by atoms with Gasteiger partial charge in [0.1, 0.15) is 5.82 Å². The number of furan rings is 1. The molecule has 0 saturated carbocycles. The van der Waals surface area contributed by atoms with E-state index in [1.807, 2.05) is 55.5 Å². The molecular formula is C35H38N6O2. The number of hydrogen-bond donors (Lipinski definition) is 1. The number of primary amides is 1. The highest BCUT2D eigenvalue weighted by atomic mass is 16.3. The Morgan fingerprint density at radius 1 is 1.05 bits per heavy atom. The lowest BCUT2D eigenvalue weighted by Crippen LogP contribution is -2.43.